The Bertz CT molecular complexity index is 1430. The van der Waals surface area contributed by atoms with E-state index in [1.54, 1.807) is 11.8 Å². The molecule has 5 rings (SSSR count). The number of benzene rings is 1. The number of hydrogen-bond acceptors (Lipinski definition) is 7. The van der Waals surface area contributed by atoms with Crippen LogP contribution in [0.3, 0.4) is 0 Å². The number of anilines is 1. The van der Waals surface area contributed by atoms with Gasteiger partial charge in [0.25, 0.3) is 0 Å². The molecular formula is C35H48N4O5. The average Bonchev–Trinajstić information content (AvgIpc) is 3.34. The number of ether oxygens (including phenoxy) is 3. The van der Waals surface area contributed by atoms with Gasteiger partial charge in [-0.2, -0.15) is 5.10 Å². The molecule has 3 aromatic rings. The van der Waals surface area contributed by atoms with E-state index in [-0.39, 0.29) is 23.2 Å². The first-order valence-electron chi connectivity index (χ1n) is 15.9. The van der Waals surface area contributed by atoms with Gasteiger partial charge in [-0.15, -0.1) is 0 Å². The lowest BCUT2D eigenvalue weighted by Gasteiger charge is -2.38. The van der Waals surface area contributed by atoms with E-state index in [9.17, 15) is 9.90 Å². The lowest BCUT2D eigenvalue weighted by atomic mass is 9.71. The van der Waals surface area contributed by atoms with Crippen molar-refractivity contribution in [3.05, 3.63) is 70.0 Å². The molecule has 0 radical (unpaired) electrons. The van der Waals surface area contributed by atoms with Crippen LogP contribution < -0.4 is 10.1 Å². The zero-order valence-electron chi connectivity index (χ0n) is 26.9. The maximum atomic E-state index is 12.1. The quantitative estimate of drug-likeness (QED) is 0.276. The zero-order chi connectivity index (χ0) is 31.3. The fourth-order valence-electron chi connectivity index (χ4n) is 6.46. The van der Waals surface area contributed by atoms with Crippen LogP contribution in [-0.2, 0) is 51.4 Å². The summed E-state index contributed by atoms with van der Waals surface area (Å²) < 4.78 is 19.3. The Morgan fingerprint density at radius 1 is 1.16 bits per heavy atom. The van der Waals surface area contributed by atoms with Gasteiger partial charge in [-0.25, -0.2) is 9.67 Å². The van der Waals surface area contributed by atoms with Crippen molar-refractivity contribution in [2.45, 2.75) is 82.5 Å². The van der Waals surface area contributed by atoms with Gasteiger partial charge in [0.15, 0.2) is 0 Å². The standard InChI is InChI=1S/C35H48N4O5/c1-34(2,3)27-17-25(18-28(21-27)35(23-42-5)11-15-43-16-12-35)26(20-32(40)41)19-30-22-31(39(4)38-30)44-14-10-29-9-8-24-7-6-13-36-33(24)37-29/h8-9,17-18,21-22,26H,6-7,10-16,19-20,23H2,1-5H3,(H,36,37)(H,40,41). The van der Waals surface area contributed by atoms with Gasteiger partial charge in [-0.1, -0.05) is 45.0 Å². The van der Waals surface area contributed by atoms with Crippen molar-refractivity contribution in [1.82, 2.24) is 14.8 Å². The fraction of sp³-hybridized carbons (Fsp3) is 0.571. The van der Waals surface area contributed by atoms with E-state index in [0.717, 1.165) is 55.0 Å². The molecule has 2 N–H and O–H groups in total. The number of aryl methyl sites for hydroxylation is 2. The summed E-state index contributed by atoms with van der Waals surface area (Å²) in [5.41, 5.74) is 6.23. The molecule has 9 heteroatoms. The smallest absolute Gasteiger partial charge is 0.303 e. The number of carbonyl (C=O) groups is 1. The molecule has 9 nitrogen and oxygen atoms in total. The second-order valence-corrected chi connectivity index (χ2v) is 13.5. The summed E-state index contributed by atoms with van der Waals surface area (Å²) in [6.07, 6.45) is 5.14. The summed E-state index contributed by atoms with van der Waals surface area (Å²) >= 11 is 0. The van der Waals surface area contributed by atoms with Crippen LogP contribution in [0.25, 0.3) is 0 Å². The minimum atomic E-state index is -0.824. The molecule has 0 amide bonds. The molecule has 1 aromatic carbocycles. The largest absolute Gasteiger partial charge is 0.481 e. The lowest BCUT2D eigenvalue weighted by Crippen LogP contribution is -2.38. The van der Waals surface area contributed by atoms with Gasteiger partial charge in [0.2, 0.25) is 5.88 Å². The number of hydrogen-bond donors (Lipinski definition) is 2. The minimum absolute atomic E-state index is 0.0121. The topological polar surface area (TPSA) is 108 Å². The van der Waals surface area contributed by atoms with Crippen molar-refractivity contribution < 1.29 is 24.1 Å². The van der Waals surface area contributed by atoms with Crippen LogP contribution in [-0.4, -0.2) is 65.9 Å². The van der Waals surface area contributed by atoms with E-state index in [2.05, 4.69) is 56.4 Å². The van der Waals surface area contributed by atoms with E-state index >= 15 is 0 Å². The van der Waals surface area contributed by atoms with Crippen LogP contribution in [0, 0.1) is 0 Å². The van der Waals surface area contributed by atoms with Crippen molar-refractivity contribution in [2.75, 3.05) is 45.4 Å². The predicted molar refractivity (Wildman–Crippen MR) is 171 cm³/mol. The van der Waals surface area contributed by atoms with Crippen molar-refractivity contribution in [3.8, 4) is 5.88 Å². The van der Waals surface area contributed by atoms with Crippen LogP contribution in [0.15, 0.2) is 36.4 Å². The summed E-state index contributed by atoms with van der Waals surface area (Å²) in [5.74, 6) is 0.581. The zero-order valence-corrected chi connectivity index (χ0v) is 26.9. The Hall–Kier alpha value is -3.43. The molecule has 2 aromatic heterocycles. The second kappa shape index (κ2) is 13.7. The average molecular weight is 605 g/mol. The number of aromatic nitrogens is 3. The van der Waals surface area contributed by atoms with Crippen LogP contribution >= 0.6 is 0 Å². The molecule has 0 bridgehead atoms. The highest BCUT2D eigenvalue weighted by atomic mass is 16.5. The highest BCUT2D eigenvalue weighted by Gasteiger charge is 2.36. The van der Waals surface area contributed by atoms with Crippen molar-refractivity contribution in [2.24, 2.45) is 7.05 Å². The number of pyridine rings is 1. The molecule has 44 heavy (non-hydrogen) atoms. The maximum absolute atomic E-state index is 12.1. The lowest BCUT2D eigenvalue weighted by molar-refractivity contribution is -0.137. The van der Waals surface area contributed by atoms with Gasteiger partial charge < -0.3 is 24.6 Å². The molecule has 0 aliphatic carbocycles. The highest BCUT2D eigenvalue weighted by molar-refractivity contribution is 5.68. The van der Waals surface area contributed by atoms with E-state index in [4.69, 9.17) is 24.3 Å². The van der Waals surface area contributed by atoms with Gasteiger partial charge >= 0.3 is 5.97 Å². The molecule has 0 saturated carbocycles. The SMILES string of the molecule is COCC1(c2cc(C(CC(=O)O)Cc3cc(OCCc4ccc5c(n4)NCCC5)n(C)n3)cc(C(C)(C)C)c2)CCOCC1. The van der Waals surface area contributed by atoms with E-state index in [1.807, 2.05) is 13.1 Å². The van der Waals surface area contributed by atoms with Gasteiger partial charge in [0.05, 0.1) is 25.3 Å². The highest BCUT2D eigenvalue weighted by Crippen LogP contribution is 2.40. The second-order valence-electron chi connectivity index (χ2n) is 13.5. The Morgan fingerprint density at radius 2 is 1.95 bits per heavy atom. The molecule has 1 unspecified atom stereocenters. The summed E-state index contributed by atoms with van der Waals surface area (Å²) in [6.45, 7) is 10.0. The number of rotatable bonds is 12. The van der Waals surface area contributed by atoms with Crippen molar-refractivity contribution >= 4 is 11.8 Å². The Kier molecular flexibility index (Phi) is 9.95. The molecule has 1 fully saturated rings. The third-order valence-corrected chi connectivity index (χ3v) is 9.10. The van der Waals surface area contributed by atoms with Crippen LogP contribution in [0.1, 0.15) is 86.0 Å². The first-order chi connectivity index (χ1) is 21.1. The number of methoxy groups -OCH3 is 1. The van der Waals surface area contributed by atoms with Gasteiger partial charge in [-0.3, -0.25) is 4.79 Å². The molecule has 2 aliphatic rings. The number of nitrogens with zero attached hydrogens (tertiary/aromatic N) is 3. The monoisotopic (exact) mass is 604 g/mol. The molecule has 1 atom stereocenters. The van der Waals surface area contributed by atoms with Crippen molar-refractivity contribution in [3.63, 3.8) is 0 Å². The molecule has 0 spiro atoms. The normalized spacial score (nSPS) is 17.0. The van der Waals surface area contributed by atoms with Crippen LogP contribution in [0.5, 0.6) is 5.88 Å². The molecule has 4 heterocycles. The molecular weight excluding hydrogens is 556 g/mol. The summed E-state index contributed by atoms with van der Waals surface area (Å²) in [7, 11) is 3.62. The minimum Gasteiger partial charge on any atom is -0.481 e. The molecule has 1 saturated heterocycles. The molecule has 2 aliphatic heterocycles. The van der Waals surface area contributed by atoms with E-state index in [1.165, 1.54) is 16.7 Å². The third kappa shape index (κ3) is 7.61. The number of fused-ring (bicyclic) bond motifs is 1. The first kappa shape index (κ1) is 32.0. The van der Waals surface area contributed by atoms with Gasteiger partial charge in [0, 0.05) is 57.5 Å². The third-order valence-electron chi connectivity index (χ3n) is 9.10. The Morgan fingerprint density at radius 3 is 2.68 bits per heavy atom. The number of carboxylic acids is 1. The van der Waals surface area contributed by atoms with E-state index < -0.39 is 5.97 Å². The van der Waals surface area contributed by atoms with Crippen LogP contribution in [0.4, 0.5) is 5.82 Å². The van der Waals surface area contributed by atoms with Crippen LogP contribution in [0.2, 0.25) is 0 Å². The number of nitrogens with one attached hydrogen (secondary N) is 1. The summed E-state index contributed by atoms with van der Waals surface area (Å²) in [5, 5.41) is 18.1. The fourth-order valence-corrected chi connectivity index (χ4v) is 6.46. The van der Waals surface area contributed by atoms with Gasteiger partial charge in [-0.05, 0) is 71.8 Å². The number of aliphatic carboxylic acids is 1. The summed E-state index contributed by atoms with van der Waals surface area (Å²) in [4.78, 5) is 16.9. The summed E-state index contributed by atoms with van der Waals surface area (Å²) in [6, 6.07) is 12.9. The van der Waals surface area contributed by atoms with E-state index in [0.29, 0.717) is 45.1 Å². The Labute approximate surface area is 261 Å². The van der Waals surface area contributed by atoms with Crippen molar-refractivity contribution in [1.29, 1.82) is 0 Å². The Balaban J connectivity index is 1.36. The molecule has 238 valence electrons. The first-order valence-corrected chi connectivity index (χ1v) is 15.9. The predicted octanol–water partition coefficient (Wildman–Crippen LogP) is 5.59. The number of carboxylic acid groups (broad SMARTS) is 1. The maximum Gasteiger partial charge on any atom is 0.303 e. The van der Waals surface area contributed by atoms with Gasteiger partial charge in [0.1, 0.15) is 5.82 Å².